The van der Waals surface area contributed by atoms with Crippen LogP contribution in [0.25, 0.3) is 0 Å². The van der Waals surface area contributed by atoms with E-state index in [0.717, 1.165) is 33.0 Å². The van der Waals surface area contributed by atoms with E-state index in [4.69, 9.17) is 0 Å². The molecule has 2 heterocycles. The van der Waals surface area contributed by atoms with Gasteiger partial charge >= 0.3 is 0 Å². The molecule has 0 saturated heterocycles. The average Bonchev–Trinajstić information content (AvgIpc) is 2.58. The lowest BCUT2D eigenvalue weighted by atomic mass is 10.2. The van der Waals surface area contributed by atoms with Crippen molar-refractivity contribution in [2.45, 2.75) is 25.7 Å². The molecule has 2 aromatic rings. The highest BCUT2D eigenvalue weighted by atomic mass is 33.1. The van der Waals surface area contributed by atoms with E-state index >= 15 is 0 Å². The van der Waals surface area contributed by atoms with Crippen molar-refractivity contribution in [1.82, 2.24) is 9.97 Å². The topological polar surface area (TPSA) is 59.9 Å². The maximum Gasteiger partial charge on any atom is 0.200 e. The summed E-state index contributed by atoms with van der Waals surface area (Å²) >= 11 is 0. The van der Waals surface area contributed by atoms with Crippen LogP contribution in [-0.2, 0) is 22.4 Å². The van der Waals surface area contributed by atoms with Gasteiger partial charge in [0.05, 0.1) is 0 Å². The van der Waals surface area contributed by atoms with E-state index < -0.39 is 0 Å². The Morgan fingerprint density at radius 2 is 1.23 bits per heavy atom. The van der Waals surface area contributed by atoms with Gasteiger partial charge in [-0.05, 0) is 58.7 Å². The van der Waals surface area contributed by atoms with Gasteiger partial charge in [0.25, 0.3) is 0 Å². The Kier molecular flexibility index (Phi) is 7.12. The van der Waals surface area contributed by atoms with E-state index in [0.29, 0.717) is 25.7 Å². The number of aryl methyl sites for hydroxylation is 2. The Hall–Kier alpha value is -1.66. The molecule has 0 unspecified atom stereocenters. The first-order chi connectivity index (χ1) is 10.7. The summed E-state index contributed by atoms with van der Waals surface area (Å²) in [5.41, 5.74) is 1.78. The molecule has 0 aliphatic heterocycles. The molecule has 0 aliphatic carbocycles. The van der Waals surface area contributed by atoms with Crippen LogP contribution in [0.4, 0.5) is 0 Å². The number of aromatic nitrogens is 2. The van der Waals surface area contributed by atoms with Gasteiger partial charge in [0.2, 0.25) is 0 Å². The molecule has 0 aromatic carbocycles. The molecule has 2 rings (SSSR count). The third-order valence-electron chi connectivity index (χ3n) is 2.85. The smallest absolute Gasteiger partial charge is 0.200 e. The van der Waals surface area contributed by atoms with Gasteiger partial charge in [-0.1, -0.05) is 12.1 Å². The van der Waals surface area contributed by atoms with E-state index in [1.807, 2.05) is 36.4 Å². The zero-order chi connectivity index (χ0) is 15.6. The van der Waals surface area contributed by atoms with E-state index in [9.17, 15) is 9.59 Å². The minimum absolute atomic E-state index is 0.00170. The molecular formula is C16H16N2O2S2. The van der Waals surface area contributed by atoms with Crippen molar-refractivity contribution in [2.75, 3.05) is 0 Å². The van der Waals surface area contributed by atoms with E-state index in [2.05, 4.69) is 9.97 Å². The lowest BCUT2D eigenvalue weighted by Gasteiger charge is -2.01. The highest BCUT2D eigenvalue weighted by Crippen LogP contribution is 2.26. The predicted molar refractivity (Wildman–Crippen MR) is 90.3 cm³/mol. The number of pyridine rings is 2. The fourth-order valence-corrected chi connectivity index (χ4v) is 3.34. The zero-order valence-corrected chi connectivity index (χ0v) is 13.6. The van der Waals surface area contributed by atoms with Crippen molar-refractivity contribution in [1.29, 1.82) is 0 Å². The molecule has 0 radical (unpaired) electrons. The summed E-state index contributed by atoms with van der Waals surface area (Å²) < 4.78 is 0. The van der Waals surface area contributed by atoms with Gasteiger partial charge in [0.15, 0.2) is 10.2 Å². The van der Waals surface area contributed by atoms with Gasteiger partial charge in [0, 0.05) is 36.6 Å². The van der Waals surface area contributed by atoms with Crippen molar-refractivity contribution in [3.8, 4) is 0 Å². The lowest BCUT2D eigenvalue weighted by Crippen LogP contribution is -1.98. The van der Waals surface area contributed by atoms with Crippen molar-refractivity contribution >= 4 is 31.8 Å². The van der Waals surface area contributed by atoms with Crippen LogP contribution in [0.5, 0.6) is 0 Å². The van der Waals surface area contributed by atoms with Crippen molar-refractivity contribution in [2.24, 2.45) is 0 Å². The number of carbonyl (C=O) groups excluding carboxylic acids is 2. The first kappa shape index (κ1) is 16.7. The van der Waals surface area contributed by atoms with E-state index in [-0.39, 0.29) is 10.2 Å². The molecule has 22 heavy (non-hydrogen) atoms. The maximum absolute atomic E-state index is 11.7. The van der Waals surface area contributed by atoms with Crippen molar-refractivity contribution in [3.63, 3.8) is 0 Å². The lowest BCUT2D eigenvalue weighted by molar-refractivity contribution is -0.112. The summed E-state index contributed by atoms with van der Waals surface area (Å²) in [6, 6.07) is 11.3. The molecule has 114 valence electrons. The molecule has 0 N–H and O–H groups in total. The Labute approximate surface area is 137 Å². The largest absolute Gasteiger partial charge is 0.286 e. The van der Waals surface area contributed by atoms with Gasteiger partial charge in [-0.15, -0.1) is 0 Å². The normalized spacial score (nSPS) is 10.4. The molecular weight excluding hydrogens is 316 g/mol. The van der Waals surface area contributed by atoms with E-state index in [1.165, 1.54) is 0 Å². The standard InChI is InChI=1S/C16H16N2O2S2/c19-15(9-7-13-5-1-3-11-17-13)21-22-16(20)10-8-14-6-2-4-12-18-14/h1-6,11-12H,7-10H2. The molecule has 0 saturated carbocycles. The molecule has 0 amide bonds. The van der Waals surface area contributed by atoms with Crippen molar-refractivity contribution in [3.05, 3.63) is 60.2 Å². The van der Waals surface area contributed by atoms with E-state index in [1.54, 1.807) is 12.4 Å². The third-order valence-corrected chi connectivity index (χ3v) is 5.08. The number of hydrogen-bond donors (Lipinski definition) is 0. The van der Waals surface area contributed by atoms with Crippen LogP contribution in [0, 0.1) is 0 Å². The van der Waals surface area contributed by atoms with Crippen LogP contribution >= 0.6 is 21.6 Å². The van der Waals surface area contributed by atoms with Gasteiger partial charge < -0.3 is 0 Å². The fraction of sp³-hybridized carbons (Fsp3) is 0.250. The Morgan fingerprint density at radius 1 is 0.773 bits per heavy atom. The van der Waals surface area contributed by atoms with Crippen LogP contribution in [0.3, 0.4) is 0 Å². The summed E-state index contributed by atoms with van der Waals surface area (Å²) in [7, 11) is 2.04. The Morgan fingerprint density at radius 3 is 1.59 bits per heavy atom. The van der Waals surface area contributed by atoms with Crippen LogP contribution in [0.15, 0.2) is 48.8 Å². The van der Waals surface area contributed by atoms with Gasteiger partial charge in [-0.3, -0.25) is 19.6 Å². The minimum Gasteiger partial charge on any atom is -0.286 e. The van der Waals surface area contributed by atoms with Crippen LogP contribution in [0.1, 0.15) is 24.2 Å². The predicted octanol–water partition coefficient (Wildman–Crippen LogP) is 3.48. The molecule has 0 atom stereocenters. The average molecular weight is 332 g/mol. The quantitative estimate of drug-likeness (QED) is 0.755. The number of hydrogen-bond acceptors (Lipinski definition) is 6. The summed E-state index contributed by atoms with van der Waals surface area (Å²) in [4.78, 5) is 31.8. The van der Waals surface area contributed by atoms with Crippen molar-refractivity contribution < 1.29 is 9.59 Å². The second-order valence-corrected chi connectivity index (χ2v) is 6.80. The summed E-state index contributed by atoms with van der Waals surface area (Å²) in [6.07, 6.45) is 5.42. The zero-order valence-electron chi connectivity index (χ0n) is 12.0. The summed E-state index contributed by atoms with van der Waals surface area (Å²) in [5, 5.41) is 0.00341. The number of nitrogens with zero attached hydrogens (tertiary/aromatic N) is 2. The Balaban J connectivity index is 1.62. The molecule has 6 heteroatoms. The van der Waals surface area contributed by atoms with Crippen LogP contribution < -0.4 is 0 Å². The molecule has 4 nitrogen and oxygen atoms in total. The molecule has 2 aromatic heterocycles. The SMILES string of the molecule is O=C(CCc1ccccn1)SSC(=O)CCc1ccccn1. The molecule has 0 spiro atoms. The highest BCUT2D eigenvalue weighted by molar-refractivity contribution is 8.87. The fourth-order valence-electron chi connectivity index (χ4n) is 1.73. The van der Waals surface area contributed by atoms with Crippen LogP contribution in [0.2, 0.25) is 0 Å². The van der Waals surface area contributed by atoms with Gasteiger partial charge in [0.1, 0.15) is 0 Å². The number of carbonyl (C=O) groups is 2. The molecule has 0 aliphatic rings. The maximum atomic E-state index is 11.7. The second kappa shape index (κ2) is 9.38. The first-order valence-corrected chi connectivity index (χ1v) is 9.09. The second-order valence-electron chi connectivity index (χ2n) is 4.55. The van der Waals surface area contributed by atoms with Crippen LogP contribution in [-0.4, -0.2) is 20.2 Å². The summed E-state index contributed by atoms with van der Waals surface area (Å²) in [5.74, 6) is 0. The monoisotopic (exact) mass is 332 g/mol. The highest BCUT2D eigenvalue weighted by Gasteiger charge is 2.10. The molecule has 0 fully saturated rings. The first-order valence-electron chi connectivity index (χ1n) is 6.94. The number of rotatable bonds is 6. The third kappa shape index (κ3) is 6.41. The minimum atomic E-state index is 0.00170. The van der Waals surface area contributed by atoms with Gasteiger partial charge in [-0.2, -0.15) is 0 Å². The van der Waals surface area contributed by atoms with Gasteiger partial charge in [-0.25, -0.2) is 0 Å². The summed E-state index contributed by atoms with van der Waals surface area (Å²) in [6.45, 7) is 0. The molecule has 0 bridgehead atoms. The Bertz CT molecular complexity index is 551.